The van der Waals surface area contributed by atoms with Gasteiger partial charge in [-0.3, -0.25) is 4.57 Å². The molecule has 4 heterocycles. The SMILES string of the molecule is N[C@H]1CCCOC1c1c(Cl)c2nc(Cl)nc(NCc3ccco3)c2n1C(F)F. The molecule has 28 heavy (non-hydrogen) atoms. The summed E-state index contributed by atoms with van der Waals surface area (Å²) < 4.78 is 40.0. The van der Waals surface area contributed by atoms with Crippen LogP contribution in [0.5, 0.6) is 0 Å². The van der Waals surface area contributed by atoms with E-state index in [4.69, 9.17) is 38.1 Å². The normalized spacial score (nSPS) is 20.2. The standard InChI is InChI=1S/C17H17Cl2F2N5O2/c18-10-11-13(15(25-16(19)24-11)23-7-8-3-1-5-27-8)26(17(20)21)12(10)14-9(22)4-2-6-28-14/h1,3,5,9,14,17H,2,4,6-7,22H2,(H,23,24,25)/t9-,14?/m0/s1. The Balaban J connectivity index is 1.87. The van der Waals surface area contributed by atoms with E-state index in [2.05, 4.69) is 15.3 Å². The van der Waals surface area contributed by atoms with Crippen molar-refractivity contribution in [2.24, 2.45) is 5.73 Å². The largest absolute Gasteiger partial charge is 0.467 e. The number of furan rings is 1. The molecular formula is C17H17Cl2F2N5O2. The number of nitrogens with two attached hydrogens (primary N) is 1. The molecule has 2 atom stereocenters. The van der Waals surface area contributed by atoms with Crippen molar-refractivity contribution < 1.29 is 17.9 Å². The zero-order valence-corrected chi connectivity index (χ0v) is 16.1. The second-order valence-corrected chi connectivity index (χ2v) is 7.13. The lowest BCUT2D eigenvalue weighted by Crippen LogP contribution is -2.35. The highest BCUT2D eigenvalue weighted by molar-refractivity contribution is 6.37. The van der Waals surface area contributed by atoms with Gasteiger partial charge in [0, 0.05) is 12.6 Å². The molecular weight excluding hydrogens is 415 g/mol. The molecule has 0 bridgehead atoms. The molecule has 0 aromatic carbocycles. The number of hydrogen-bond donors (Lipinski definition) is 2. The van der Waals surface area contributed by atoms with Gasteiger partial charge in [-0.15, -0.1) is 0 Å². The third-order valence-electron chi connectivity index (χ3n) is 4.63. The summed E-state index contributed by atoms with van der Waals surface area (Å²) >= 11 is 12.5. The molecule has 11 heteroatoms. The van der Waals surface area contributed by atoms with Crippen LogP contribution in [0.25, 0.3) is 11.0 Å². The topological polar surface area (TPSA) is 91.1 Å². The monoisotopic (exact) mass is 431 g/mol. The molecule has 3 aromatic rings. The van der Waals surface area contributed by atoms with Gasteiger partial charge in [0.25, 0.3) is 0 Å². The maximum atomic E-state index is 14.1. The Morgan fingerprint density at radius 2 is 2.18 bits per heavy atom. The first-order valence-corrected chi connectivity index (χ1v) is 9.41. The van der Waals surface area contributed by atoms with Gasteiger partial charge in [-0.25, -0.2) is 4.98 Å². The highest BCUT2D eigenvalue weighted by Crippen LogP contribution is 2.42. The van der Waals surface area contributed by atoms with E-state index in [1.165, 1.54) is 6.26 Å². The van der Waals surface area contributed by atoms with Crippen LogP contribution in [0.1, 0.15) is 36.9 Å². The van der Waals surface area contributed by atoms with Crippen molar-refractivity contribution in [3.05, 3.63) is 40.2 Å². The molecule has 1 unspecified atom stereocenters. The minimum Gasteiger partial charge on any atom is -0.467 e. The second-order valence-electron chi connectivity index (χ2n) is 6.42. The zero-order chi connectivity index (χ0) is 19.8. The van der Waals surface area contributed by atoms with Crippen LogP contribution in [0.4, 0.5) is 14.6 Å². The summed E-state index contributed by atoms with van der Waals surface area (Å²) in [4.78, 5) is 8.15. The van der Waals surface area contributed by atoms with Crippen molar-refractivity contribution in [3.63, 3.8) is 0 Å². The summed E-state index contributed by atoms with van der Waals surface area (Å²) in [5, 5.41) is 2.88. The Hall–Kier alpha value is -1.94. The maximum absolute atomic E-state index is 14.1. The fourth-order valence-corrected chi connectivity index (χ4v) is 3.91. The van der Waals surface area contributed by atoms with Crippen LogP contribution in [0.15, 0.2) is 22.8 Å². The Kier molecular flexibility index (Phi) is 5.42. The molecule has 3 aromatic heterocycles. The van der Waals surface area contributed by atoms with Crippen LogP contribution in [0.2, 0.25) is 10.3 Å². The molecule has 0 radical (unpaired) electrons. The van der Waals surface area contributed by atoms with Gasteiger partial charge >= 0.3 is 6.55 Å². The van der Waals surface area contributed by atoms with Crippen LogP contribution in [0, 0.1) is 0 Å². The maximum Gasteiger partial charge on any atom is 0.319 e. The molecule has 1 aliphatic heterocycles. The van der Waals surface area contributed by atoms with Crippen molar-refractivity contribution in [2.45, 2.75) is 38.1 Å². The molecule has 150 valence electrons. The van der Waals surface area contributed by atoms with Crippen LogP contribution in [-0.2, 0) is 11.3 Å². The quantitative estimate of drug-likeness (QED) is 0.577. The average Bonchev–Trinajstić information content (AvgIpc) is 3.27. The fraction of sp³-hybridized carbons (Fsp3) is 0.412. The van der Waals surface area contributed by atoms with E-state index in [1.807, 2.05) is 0 Å². The van der Waals surface area contributed by atoms with Crippen LogP contribution < -0.4 is 11.1 Å². The Labute approximate surface area is 168 Å². The van der Waals surface area contributed by atoms with Gasteiger partial charge in [0.2, 0.25) is 5.28 Å². The van der Waals surface area contributed by atoms with E-state index in [-0.39, 0.29) is 39.4 Å². The van der Waals surface area contributed by atoms with E-state index in [0.717, 1.165) is 11.0 Å². The first-order chi connectivity index (χ1) is 13.5. The predicted molar refractivity (Wildman–Crippen MR) is 101 cm³/mol. The lowest BCUT2D eigenvalue weighted by atomic mass is 10.0. The van der Waals surface area contributed by atoms with Crippen molar-refractivity contribution in [1.82, 2.24) is 14.5 Å². The molecule has 7 nitrogen and oxygen atoms in total. The predicted octanol–water partition coefficient (Wildman–Crippen LogP) is 4.52. The van der Waals surface area contributed by atoms with Crippen LogP contribution in [0.3, 0.4) is 0 Å². The summed E-state index contributed by atoms with van der Waals surface area (Å²) in [5.41, 5.74) is 6.36. The number of hydrogen-bond acceptors (Lipinski definition) is 6. The number of alkyl halides is 2. The smallest absolute Gasteiger partial charge is 0.319 e. The third kappa shape index (κ3) is 3.43. The minimum atomic E-state index is -2.91. The Morgan fingerprint density at radius 1 is 1.36 bits per heavy atom. The number of rotatable bonds is 5. The number of ether oxygens (including phenoxy) is 1. The average molecular weight is 432 g/mol. The number of aromatic nitrogens is 3. The van der Waals surface area contributed by atoms with E-state index in [0.29, 0.717) is 18.8 Å². The fourth-order valence-electron chi connectivity index (χ4n) is 3.41. The number of nitrogens with one attached hydrogen (secondary N) is 1. The van der Waals surface area contributed by atoms with Crippen LogP contribution in [-0.4, -0.2) is 27.2 Å². The van der Waals surface area contributed by atoms with Gasteiger partial charge in [-0.1, -0.05) is 11.6 Å². The van der Waals surface area contributed by atoms with Crippen molar-refractivity contribution in [3.8, 4) is 0 Å². The van der Waals surface area contributed by atoms with Gasteiger partial charge in [-0.2, -0.15) is 13.8 Å². The number of halogens is 4. The van der Waals surface area contributed by atoms with E-state index in [9.17, 15) is 8.78 Å². The van der Waals surface area contributed by atoms with E-state index < -0.39 is 18.7 Å². The molecule has 0 spiro atoms. The highest BCUT2D eigenvalue weighted by atomic mass is 35.5. The molecule has 1 aliphatic rings. The summed E-state index contributed by atoms with van der Waals surface area (Å²) in [6, 6.07) is 3.00. The van der Waals surface area contributed by atoms with E-state index >= 15 is 0 Å². The molecule has 0 aliphatic carbocycles. The minimum absolute atomic E-state index is 0.0306. The van der Waals surface area contributed by atoms with E-state index in [1.54, 1.807) is 12.1 Å². The third-order valence-corrected chi connectivity index (χ3v) is 5.17. The Bertz CT molecular complexity index is 980. The number of anilines is 1. The highest BCUT2D eigenvalue weighted by Gasteiger charge is 2.35. The zero-order valence-electron chi connectivity index (χ0n) is 14.5. The molecule has 0 amide bonds. The lowest BCUT2D eigenvalue weighted by Gasteiger charge is -2.30. The number of nitrogens with zero attached hydrogens (tertiary/aromatic N) is 3. The van der Waals surface area contributed by atoms with Crippen molar-refractivity contribution in [2.75, 3.05) is 11.9 Å². The second kappa shape index (κ2) is 7.82. The molecule has 1 fully saturated rings. The van der Waals surface area contributed by atoms with Gasteiger partial charge in [0.15, 0.2) is 5.82 Å². The Morgan fingerprint density at radius 3 is 2.86 bits per heavy atom. The molecule has 3 N–H and O–H groups in total. The summed E-state index contributed by atoms with van der Waals surface area (Å²) in [6.45, 7) is -2.28. The summed E-state index contributed by atoms with van der Waals surface area (Å²) in [6.07, 6.45) is 2.13. The first kappa shape index (κ1) is 19.4. The van der Waals surface area contributed by atoms with Crippen molar-refractivity contribution in [1.29, 1.82) is 0 Å². The van der Waals surface area contributed by atoms with Crippen LogP contribution >= 0.6 is 23.2 Å². The van der Waals surface area contributed by atoms with Crippen molar-refractivity contribution >= 4 is 40.1 Å². The van der Waals surface area contributed by atoms with Gasteiger partial charge in [0.1, 0.15) is 22.9 Å². The summed E-state index contributed by atoms with van der Waals surface area (Å²) in [7, 11) is 0. The van der Waals surface area contributed by atoms with Gasteiger partial charge in [-0.05, 0) is 36.6 Å². The first-order valence-electron chi connectivity index (χ1n) is 8.65. The number of fused-ring (bicyclic) bond motifs is 1. The van der Waals surface area contributed by atoms with Gasteiger partial charge < -0.3 is 20.2 Å². The molecule has 0 saturated carbocycles. The summed E-state index contributed by atoms with van der Waals surface area (Å²) in [5.74, 6) is 0.714. The lowest BCUT2D eigenvalue weighted by molar-refractivity contribution is -0.0141. The van der Waals surface area contributed by atoms with Gasteiger partial charge in [0.05, 0.1) is 23.5 Å². The molecule has 4 rings (SSSR count). The molecule has 1 saturated heterocycles.